The van der Waals surface area contributed by atoms with Gasteiger partial charge in [-0.25, -0.2) is 0 Å². The van der Waals surface area contributed by atoms with Gasteiger partial charge >= 0.3 is 5.97 Å². The summed E-state index contributed by atoms with van der Waals surface area (Å²) in [4.78, 5) is 11.5. The molecule has 0 aromatic carbocycles. The van der Waals surface area contributed by atoms with Crippen molar-refractivity contribution in [1.29, 1.82) is 0 Å². The summed E-state index contributed by atoms with van der Waals surface area (Å²) in [7, 11) is 0. The normalized spacial score (nSPS) is 33.3. The molecule has 1 rings (SSSR count). The highest BCUT2D eigenvalue weighted by molar-refractivity contribution is 5.73. The highest BCUT2D eigenvalue weighted by Gasteiger charge is 2.35. The maximum absolute atomic E-state index is 11.5. The molecule has 0 radical (unpaired) electrons. The standard InChI is InChI=1S/C11H20O2/c1-4-9-6-8(3)10(7-9)11(12)13-5-2/h8-10H,4-7H2,1-3H3. The van der Waals surface area contributed by atoms with Gasteiger partial charge in [0.05, 0.1) is 12.5 Å². The Hall–Kier alpha value is -0.530. The van der Waals surface area contributed by atoms with Gasteiger partial charge in [0.15, 0.2) is 0 Å². The molecule has 0 amide bonds. The highest BCUT2D eigenvalue weighted by Crippen LogP contribution is 2.38. The van der Waals surface area contributed by atoms with Gasteiger partial charge in [0.25, 0.3) is 0 Å². The van der Waals surface area contributed by atoms with E-state index in [0.717, 1.165) is 12.3 Å². The van der Waals surface area contributed by atoms with Crippen LogP contribution in [0.3, 0.4) is 0 Å². The van der Waals surface area contributed by atoms with Crippen molar-refractivity contribution in [2.45, 2.75) is 40.0 Å². The summed E-state index contributed by atoms with van der Waals surface area (Å²) in [5, 5.41) is 0. The second-order valence-corrected chi connectivity index (χ2v) is 4.08. The van der Waals surface area contributed by atoms with Crippen LogP contribution in [0.5, 0.6) is 0 Å². The lowest BCUT2D eigenvalue weighted by molar-refractivity contribution is -0.149. The molecule has 1 fully saturated rings. The van der Waals surface area contributed by atoms with Gasteiger partial charge in [-0.1, -0.05) is 20.3 Å². The number of carbonyl (C=O) groups excluding carboxylic acids is 1. The fourth-order valence-corrected chi connectivity index (χ4v) is 2.29. The molecular formula is C11H20O2. The molecule has 1 aliphatic rings. The third-order valence-electron chi connectivity index (χ3n) is 3.15. The van der Waals surface area contributed by atoms with E-state index < -0.39 is 0 Å². The second-order valence-electron chi connectivity index (χ2n) is 4.08. The van der Waals surface area contributed by atoms with Crippen LogP contribution < -0.4 is 0 Å². The third kappa shape index (κ3) is 2.45. The van der Waals surface area contributed by atoms with Crippen molar-refractivity contribution in [2.24, 2.45) is 17.8 Å². The van der Waals surface area contributed by atoms with Crippen LogP contribution >= 0.6 is 0 Å². The van der Waals surface area contributed by atoms with Crippen molar-refractivity contribution < 1.29 is 9.53 Å². The number of rotatable bonds is 3. The third-order valence-corrected chi connectivity index (χ3v) is 3.15. The molecule has 1 saturated carbocycles. The number of hydrogen-bond acceptors (Lipinski definition) is 2. The molecule has 0 N–H and O–H groups in total. The predicted molar refractivity (Wildman–Crippen MR) is 52.3 cm³/mol. The Kier molecular flexibility index (Phi) is 3.76. The minimum atomic E-state index is 0.0194. The molecule has 0 heterocycles. The fourth-order valence-electron chi connectivity index (χ4n) is 2.29. The largest absolute Gasteiger partial charge is 0.466 e. The van der Waals surface area contributed by atoms with E-state index in [1.54, 1.807) is 0 Å². The Morgan fingerprint density at radius 3 is 2.54 bits per heavy atom. The molecule has 0 aromatic heterocycles. The summed E-state index contributed by atoms with van der Waals surface area (Å²) in [5.74, 6) is 1.45. The predicted octanol–water partition coefficient (Wildman–Crippen LogP) is 2.62. The van der Waals surface area contributed by atoms with Crippen LogP contribution in [0.15, 0.2) is 0 Å². The van der Waals surface area contributed by atoms with Gasteiger partial charge in [0.1, 0.15) is 0 Å². The summed E-state index contributed by atoms with van der Waals surface area (Å²) >= 11 is 0. The molecule has 2 heteroatoms. The number of esters is 1. The quantitative estimate of drug-likeness (QED) is 0.630. The average Bonchev–Trinajstić information content (AvgIpc) is 2.47. The zero-order valence-electron chi connectivity index (χ0n) is 8.88. The summed E-state index contributed by atoms with van der Waals surface area (Å²) in [5.41, 5.74) is 0. The summed E-state index contributed by atoms with van der Waals surface area (Å²) in [6, 6.07) is 0. The second kappa shape index (κ2) is 4.64. The lowest BCUT2D eigenvalue weighted by atomic mass is 9.99. The van der Waals surface area contributed by atoms with Crippen molar-refractivity contribution in [3.63, 3.8) is 0 Å². The van der Waals surface area contributed by atoms with E-state index in [4.69, 9.17) is 4.74 Å². The Morgan fingerprint density at radius 1 is 1.38 bits per heavy atom. The van der Waals surface area contributed by atoms with E-state index in [2.05, 4.69) is 13.8 Å². The molecule has 0 bridgehead atoms. The molecule has 3 atom stereocenters. The zero-order chi connectivity index (χ0) is 9.84. The maximum atomic E-state index is 11.5. The van der Waals surface area contributed by atoms with E-state index >= 15 is 0 Å². The summed E-state index contributed by atoms with van der Waals surface area (Å²) in [6.45, 7) is 6.75. The first-order valence-electron chi connectivity index (χ1n) is 5.35. The number of carbonyl (C=O) groups is 1. The molecule has 0 spiro atoms. The summed E-state index contributed by atoms with van der Waals surface area (Å²) in [6.07, 6.45) is 3.43. The number of hydrogen-bond donors (Lipinski definition) is 0. The molecule has 2 nitrogen and oxygen atoms in total. The van der Waals surface area contributed by atoms with Crippen LogP contribution in [0.4, 0.5) is 0 Å². The van der Waals surface area contributed by atoms with E-state index in [0.29, 0.717) is 12.5 Å². The Bertz CT molecular complexity index is 177. The minimum Gasteiger partial charge on any atom is -0.466 e. The van der Waals surface area contributed by atoms with Crippen LogP contribution in [-0.2, 0) is 9.53 Å². The minimum absolute atomic E-state index is 0.0194. The van der Waals surface area contributed by atoms with Crippen LogP contribution in [-0.4, -0.2) is 12.6 Å². The van der Waals surface area contributed by atoms with Gasteiger partial charge < -0.3 is 4.74 Å². The molecule has 76 valence electrons. The SMILES string of the molecule is CCOC(=O)C1CC(CC)CC1C. The summed E-state index contributed by atoms with van der Waals surface area (Å²) < 4.78 is 5.05. The van der Waals surface area contributed by atoms with Crippen molar-refractivity contribution >= 4 is 5.97 Å². The average molecular weight is 184 g/mol. The van der Waals surface area contributed by atoms with Gasteiger partial charge in [-0.3, -0.25) is 4.79 Å². The van der Waals surface area contributed by atoms with Gasteiger partial charge in [0.2, 0.25) is 0 Å². The van der Waals surface area contributed by atoms with Crippen LogP contribution in [0.2, 0.25) is 0 Å². The van der Waals surface area contributed by atoms with Crippen molar-refractivity contribution in [1.82, 2.24) is 0 Å². The molecular weight excluding hydrogens is 164 g/mol. The fraction of sp³-hybridized carbons (Fsp3) is 0.909. The monoisotopic (exact) mass is 184 g/mol. The van der Waals surface area contributed by atoms with Gasteiger partial charge in [-0.2, -0.15) is 0 Å². The van der Waals surface area contributed by atoms with Crippen molar-refractivity contribution in [3.8, 4) is 0 Å². The van der Waals surface area contributed by atoms with Crippen LogP contribution in [0, 0.1) is 17.8 Å². The highest BCUT2D eigenvalue weighted by atomic mass is 16.5. The van der Waals surface area contributed by atoms with E-state index in [1.165, 1.54) is 12.8 Å². The van der Waals surface area contributed by atoms with E-state index in [9.17, 15) is 4.79 Å². The lowest BCUT2D eigenvalue weighted by Gasteiger charge is -2.12. The Labute approximate surface area is 80.7 Å². The smallest absolute Gasteiger partial charge is 0.309 e. The van der Waals surface area contributed by atoms with Gasteiger partial charge in [0, 0.05) is 0 Å². The van der Waals surface area contributed by atoms with E-state index in [1.807, 2.05) is 6.92 Å². The van der Waals surface area contributed by atoms with Crippen molar-refractivity contribution in [2.75, 3.05) is 6.61 Å². The number of ether oxygens (including phenoxy) is 1. The van der Waals surface area contributed by atoms with E-state index in [-0.39, 0.29) is 11.9 Å². The first-order chi connectivity index (χ1) is 6.19. The molecule has 3 unspecified atom stereocenters. The molecule has 0 aliphatic heterocycles. The first-order valence-corrected chi connectivity index (χ1v) is 5.35. The van der Waals surface area contributed by atoms with Crippen LogP contribution in [0.1, 0.15) is 40.0 Å². The van der Waals surface area contributed by atoms with Gasteiger partial charge in [-0.15, -0.1) is 0 Å². The Balaban J connectivity index is 2.46. The molecule has 0 saturated heterocycles. The molecule has 1 aliphatic carbocycles. The molecule has 13 heavy (non-hydrogen) atoms. The topological polar surface area (TPSA) is 26.3 Å². The zero-order valence-corrected chi connectivity index (χ0v) is 8.88. The van der Waals surface area contributed by atoms with Gasteiger partial charge in [-0.05, 0) is 31.6 Å². The maximum Gasteiger partial charge on any atom is 0.309 e. The molecule has 0 aromatic rings. The Morgan fingerprint density at radius 2 is 2.08 bits per heavy atom. The van der Waals surface area contributed by atoms with Crippen LogP contribution in [0.25, 0.3) is 0 Å². The lowest BCUT2D eigenvalue weighted by Crippen LogP contribution is -2.19. The first kappa shape index (κ1) is 10.6. The van der Waals surface area contributed by atoms with Crippen molar-refractivity contribution in [3.05, 3.63) is 0 Å².